The van der Waals surface area contributed by atoms with E-state index in [9.17, 15) is 23.9 Å². The first-order chi connectivity index (χ1) is 10.8. The number of benzene rings is 1. The van der Waals surface area contributed by atoms with Crippen LogP contribution < -0.4 is 5.32 Å². The van der Waals surface area contributed by atoms with Crippen LogP contribution in [0, 0.1) is 18.7 Å². The predicted molar refractivity (Wildman–Crippen MR) is 80.4 cm³/mol. The Labute approximate surface area is 133 Å². The molecule has 7 heteroatoms. The predicted octanol–water partition coefficient (Wildman–Crippen LogP) is 1.19. The van der Waals surface area contributed by atoms with Crippen LogP contribution in [0.5, 0.6) is 0 Å². The molecule has 23 heavy (non-hydrogen) atoms. The summed E-state index contributed by atoms with van der Waals surface area (Å²) >= 11 is 0. The summed E-state index contributed by atoms with van der Waals surface area (Å²) in [4.78, 5) is 37.2. The highest BCUT2D eigenvalue weighted by Gasteiger charge is 2.38. The lowest BCUT2D eigenvalue weighted by atomic mass is 9.91. The number of aryl methyl sites for hydroxylation is 1. The molecule has 2 amide bonds. The maximum Gasteiger partial charge on any atom is 0.326 e. The zero-order chi connectivity index (χ0) is 17.1. The Hall–Kier alpha value is -2.44. The van der Waals surface area contributed by atoms with Crippen molar-refractivity contribution in [2.24, 2.45) is 5.92 Å². The van der Waals surface area contributed by atoms with Gasteiger partial charge in [-0.3, -0.25) is 9.59 Å². The van der Waals surface area contributed by atoms with E-state index in [1.54, 1.807) is 6.92 Å². The van der Waals surface area contributed by atoms with Crippen LogP contribution in [0.4, 0.5) is 4.39 Å². The fraction of sp³-hybridized carbons (Fsp3) is 0.438. The van der Waals surface area contributed by atoms with Gasteiger partial charge in [-0.1, -0.05) is 0 Å². The molecule has 0 radical (unpaired) electrons. The van der Waals surface area contributed by atoms with E-state index in [-0.39, 0.29) is 24.4 Å². The van der Waals surface area contributed by atoms with E-state index in [1.807, 2.05) is 0 Å². The molecule has 0 aromatic heterocycles. The summed E-state index contributed by atoms with van der Waals surface area (Å²) in [6, 6.07) is 2.75. The maximum atomic E-state index is 13.2. The molecular weight excluding hydrogens is 303 g/mol. The van der Waals surface area contributed by atoms with Crippen LogP contribution in [0.25, 0.3) is 0 Å². The molecule has 1 aromatic rings. The van der Waals surface area contributed by atoms with E-state index < -0.39 is 29.7 Å². The van der Waals surface area contributed by atoms with Gasteiger partial charge in [0.25, 0.3) is 5.91 Å². The van der Waals surface area contributed by atoms with Gasteiger partial charge >= 0.3 is 5.97 Å². The number of carbonyl (C=O) groups excluding carboxylic acids is 2. The van der Waals surface area contributed by atoms with E-state index in [0.29, 0.717) is 12.0 Å². The highest BCUT2D eigenvalue weighted by molar-refractivity contribution is 5.98. The number of aliphatic carboxylic acids is 1. The van der Waals surface area contributed by atoms with Crippen molar-refractivity contribution in [3.8, 4) is 0 Å². The highest BCUT2D eigenvalue weighted by Crippen LogP contribution is 2.25. The van der Waals surface area contributed by atoms with Crippen LogP contribution in [0.15, 0.2) is 18.2 Å². The van der Waals surface area contributed by atoms with Crippen molar-refractivity contribution in [2.45, 2.75) is 25.8 Å². The number of amides is 2. The van der Waals surface area contributed by atoms with E-state index in [2.05, 4.69) is 5.32 Å². The fourth-order valence-electron chi connectivity index (χ4n) is 2.89. The minimum Gasteiger partial charge on any atom is -0.480 e. The summed E-state index contributed by atoms with van der Waals surface area (Å²) in [6.45, 7) is 1.62. The summed E-state index contributed by atoms with van der Waals surface area (Å²) in [6.07, 6.45) is 0.613. The van der Waals surface area contributed by atoms with Gasteiger partial charge in [0.2, 0.25) is 5.91 Å². The third-order valence-corrected chi connectivity index (χ3v) is 4.16. The van der Waals surface area contributed by atoms with Crippen molar-refractivity contribution in [2.75, 3.05) is 13.6 Å². The molecule has 0 aliphatic carbocycles. The van der Waals surface area contributed by atoms with Crippen molar-refractivity contribution < 1.29 is 23.9 Å². The van der Waals surface area contributed by atoms with Crippen molar-refractivity contribution in [3.05, 3.63) is 35.1 Å². The van der Waals surface area contributed by atoms with E-state index in [4.69, 9.17) is 0 Å². The molecule has 1 heterocycles. The Balaban J connectivity index is 2.31. The first-order valence-corrected chi connectivity index (χ1v) is 7.36. The number of nitrogens with zero attached hydrogens (tertiary/aromatic N) is 1. The van der Waals surface area contributed by atoms with Gasteiger partial charge in [0.1, 0.15) is 11.9 Å². The Bertz CT molecular complexity index is 647. The molecule has 0 spiro atoms. The minimum atomic E-state index is -1.10. The van der Waals surface area contributed by atoms with Gasteiger partial charge in [0.15, 0.2) is 0 Å². The van der Waals surface area contributed by atoms with Gasteiger partial charge in [-0.2, -0.15) is 0 Å². The molecule has 0 saturated carbocycles. The van der Waals surface area contributed by atoms with Crippen LogP contribution in [-0.2, 0) is 9.59 Å². The number of hydrogen-bond donors (Lipinski definition) is 2. The van der Waals surface area contributed by atoms with E-state index in [1.165, 1.54) is 24.1 Å². The minimum absolute atomic E-state index is 0.0340. The number of nitrogens with one attached hydrogen (secondary N) is 1. The number of likely N-dealkylation sites (tertiary alicyclic amines) is 1. The maximum absolute atomic E-state index is 13.2. The van der Waals surface area contributed by atoms with Crippen molar-refractivity contribution in [1.29, 1.82) is 0 Å². The first-order valence-electron chi connectivity index (χ1n) is 7.36. The summed E-state index contributed by atoms with van der Waals surface area (Å²) in [5, 5.41) is 11.9. The molecule has 124 valence electrons. The molecular formula is C16H19FN2O4. The molecule has 0 bridgehead atoms. The quantitative estimate of drug-likeness (QED) is 0.875. The number of carboxylic acids is 1. The highest BCUT2D eigenvalue weighted by atomic mass is 19.1. The monoisotopic (exact) mass is 322 g/mol. The lowest BCUT2D eigenvalue weighted by Gasteiger charge is -2.37. The van der Waals surface area contributed by atoms with E-state index >= 15 is 0 Å². The molecule has 2 N–H and O–H groups in total. The third kappa shape index (κ3) is 3.49. The largest absolute Gasteiger partial charge is 0.480 e. The number of piperidine rings is 1. The zero-order valence-electron chi connectivity index (χ0n) is 13.0. The van der Waals surface area contributed by atoms with Crippen molar-refractivity contribution >= 4 is 17.8 Å². The average molecular weight is 322 g/mol. The van der Waals surface area contributed by atoms with Gasteiger partial charge < -0.3 is 15.3 Å². The SMILES string of the molecule is CNC(=O)[C@H]1CC[C@@H](C(=O)O)N(C(=O)c2ccc(F)cc2C)C1. The van der Waals surface area contributed by atoms with Gasteiger partial charge in [0, 0.05) is 19.2 Å². The summed E-state index contributed by atoms with van der Waals surface area (Å²) in [5.41, 5.74) is 0.677. The number of rotatable bonds is 3. The molecule has 1 saturated heterocycles. The van der Waals surface area contributed by atoms with Gasteiger partial charge in [-0.05, 0) is 43.5 Å². The van der Waals surface area contributed by atoms with Gasteiger partial charge in [-0.25, -0.2) is 9.18 Å². The zero-order valence-corrected chi connectivity index (χ0v) is 13.0. The lowest BCUT2D eigenvalue weighted by Crippen LogP contribution is -2.53. The van der Waals surface area contributed by atoms with Crippen molar-refractivity contribution in [1.82, 2.24) is 10.2 Å². The summed E-state index contributed by atoms with van der Waals surface area (Å²) < 4.78 is 13.2. The fourth-order valence-corrected chi connectivity index (χ4v) is 2.89. The van der Waals surface area contributed by atoms with Crippen LogP contribution in [-0.4, -0.2) is 47.4 Å². The molecule has 1 aliphatic heterocycles. The second-order valence-corrected chi connectivity index (χ2v) is 5.66. The number of halogens is 1. The molecule has 2 rings (SSSR count). The van der Waals surface area contributed by atoms with Crippen LogP contribution in [0.3, 0.4) is 0 Å². The molecule has 1 aliphatic rings. The molecule has 6 nitrogen and oxygen atoms in total. The number of hydrogen-bond acceptors (Lipinski definition) is 3. The second kappa shape index (κ2) is 6.76. The third-order valence-electron chi connectivity index (χ3n) is 4.16. The Morgan fingerprint density at radius 2 is 2.00 bits per heavy atom. The average Bonchev–Trinajstić information content (AvgIpc) is 2.52. The van der Waals surface area contributed by atoms with Crippen molar-refractivity contribution in [3.63, 3.8) is 0 Å². The number of carbonyl (C=O) groups is 3. The van der Waals surface area contributed by atoms with Crippen LogP contribution >= 0.6 is 0 Å². The number of carboxylic acid groups (broad SMARTS) is 1. The first kappa shape index (κ1) is 16.9. The molecule has 1 fully saturated rings. The smallest absolute Gasteiger partial charge is 0.326 e. The van der Waals surface area contributed by atoms with Gasteiger partial charge in [-0.15, -0.1) is 0 Å². The normalized spacial score (nSPS) is 20.9. The molecule has 2 atom stereocenters. The van der Waals surface area contributed by atoms with E-state index in [0.717, 1.165) is 6.07 Å². The Morgan fingerprint density at radius 1 is 1.30 bits per heavy atom. The molecule has 1 aromatic carbocycles. The standard InChI is InChI=1S/C16H19FN2O4/c1-9-7-11(17)4-5-12(9)15(21)19-8-10(14(20)18-2)3-6-13(19)16(22)23/h4-5,7,10,13H,3,6,8H2,1-2H3,(H,18,20)(H,22,23)/t10-,13-/m0/s1. The Kier molecular flexibility index (Phi) is 4.98. The van der Waals surface area contributed by atoms with Crippen LogP contribution in [0.2, 0.25) is 0 Å². The van der Waals surface area contributed by atoms with Crippen LogP contribution in [0.1, 0.15) is 28.8 Å². The summed E-state index contributed by atoms with van der Waals surface area (Å²) in [7, 11) is 1.50. The lowest BCUT2D eigenvalue weighted by molar-refractivity contribution is -0.145. The Morgan fingerprint density at radius 3 is 2.57 bits per heavy atom. The molecule has 0 unspecified atom stereocenters. The van der Waals surface area contributed by atoms with Gasteiger partial charge in [0.05, 0.1) is 5.92 Å². The second-order valence-electron chi connectivity index (χ2n) is 5.66. The summed E-state index contributed by atoms with van der Waals surface area (Å²) in [5.74, 6) is -2.73. The topological polar surface area (TPSA) is 86.7 Å².